The van der Waals surface area contributed by atoms with Crippen LogP contribution in [-0.2, 0) is 4.74 Å². The van der Waals surface area contributed by atoms with Gasteiger partial charge in [0.15, 0.2) is 0 Å². The van der Waals surface area contributed by atoms with Crippen LogP contribution in [-0.4, -0.2) is 30.4 Å². The molecule has 76 valence electrons. The zero-order chi connectivity index (χ0) is 10.2. The first-order chi connectivity index (χ1) is 6.83. The molecule has 0 spiro atoms. The van der Waals surface area contributed by atoms with Crippen LogP contribution in [0.5, 0.6) is 0 Å². The lowest BCUT2D eigenvalue weighted by Gasteiger charge is -2.07. The van der Waals surface area contributed by atoms with Gasteiger partial charge in [-0.2, -0.15) is 0 Å². The Labute approximate surface area is 88.7 Å². The largest absolute Gasteiger partial charge is 0.469 e. The Morgan fingerprint density at radius 3 is 3.07 bits per heavy atom. The number of hydrogen-bond donors (Lipinski definition) is 2. The van der Waals surface area contributed by atoms with Crippen molar-refractivity contribution in [3.05, 3.63) is 24.4 Å². The molecule has 1 aromatic heterocycles. The van der Waals surface area contributed by atoms with E-state index in [1.54, 1.807) is 13.2 Å². The van der Waals surface area contributed by atoms with Crippen molar-refractivity contribution in [2.24, 2.45) is 0 Å². The Hall–Kier alpha value is -1.36. The molecule has 0 bridgehead atoms. The van der Waals surface area contributed by atoms with Gasteiger partial charge in [-0.15, -0.1) is 0 Å². The van der Waals surface area contributed by atoms with E-state index in [1.165, 1.54) is 0 Å². The van der Waals surface area contributed by atoms with E-state index in [9.17, 15) is 0 Å². The molecule has 0 unspecified atom stereocenters. The van der Waals surface area contributed by atoms with E-state index in [0.29, 0.717) is 18.3 Å². The summed E-state index contributed by atoms with van der Waals surface area (Å²) < 4.78 is 5.14. The Bertz CT molecular complexity index is 279. The molecule has 0 radical (unpaired) electrons. The maximum atomic E-state index is 5.14. The van der Waals surface area contributed by atoms with Gasteiger partial charge in [-0.05, 0) is 24.4 Å². The molecule has 0 atom stereocenters. The van der Waals surface area contributed by atoms with Crippen LogP contribution in [0.15, 0.2) is 24.4 Å². The van der Waals surface area contributed by atoms with Crippen molar-refractivity contribution in [3.63, 3.8) is 0 Å². The molecule has 0 aliphatic rings. The van der Waals surface area contributed by atoms with Crippen LogP contribution in [0.2, 0.25) is 0 Å². The summed E-state index contributed by atoms with van der Waals surface area (Å²) in [4.78, 5) is 4.10. The number of nitrogens with one attached hydrogen (secondary N) is 2. The first-order valence-corrected chi connectivity index (χ1v) is 4.73. The van der Waals surface area contributed by atoms with E-state index in [4.69, 9.17) is 17.0 Å². The summed E-state index contributed by atoms with van der Waals surface area (Å²) in [7, 11) is 1.73. The quantitative estimate of drug-likeness (QED) is 0.575. The van der Waals surface area contributed by atoms with Gasteiger partial charge in [-0.25, -0.2) is 4.98 Å². The van der Waals surface area contributed by atoms with Crippen LogP contribution in [0.4, 0.5) is 5.82 Å². The van der Waals surface area contributed by atoms with Gasteiger partial charge in [0.1, 0.15) is 12.4 Å². The number of ether oxygens (including phenoxy) is 1. The first kappa shape index (κ1) is 10.7. The van der Waals surface area contributed by atoms with Gasteiger partial charge in [-0.1, -0.05) is 6.07 Å². The lowest BCUT2D eigenvalue weighted by atomic mass is 10.4. The van der Waals surface area contributed by atoms with E-state index in [-0.39, 0.29) is 0 Å². The second-order valence-corrected chi connectivity index (χ2v) is 2.90. The molecule has 0 fully saturated rings. The molecule has 1 heterocycles. The third kappa shape index (κ3) is 4.04. The summed E-state index contributed by atoms with van der Waals surface area (Å²) in [5.74, 6) is 0.839. The molecule has 14 heavy (non-hydrogen) atoms. The van der Waals surface area contributed by atoms with Crippen LogP contribution in [0, 0.1) is 0 Å². The van der Waals surface area contributed by atoms with E-state index in [1.807, 2.05) is 18.2 Å². The fourth-order valence-corrected chi connectivity index (χ4v) is 0.946. The number of rotatable bonds is 4. The number of anilines is 1. The van der Waals surface area contributed by atoms with Crippen molar-refractivity contribution in [2.75, 3.05) is 25.5 Å². The van der Waals surface area contributed by atoms with Crippen LogP contribution in [0.1, 0.15) is 0 Å². The molecule has 5 heteroatoms. The Morgan fingerprint density at radius 1 is 1.57 bits per heavy atom. The van der Waals surface area contributed by atoms with E-state index >= 15 is 0 Å². The van der Waals surface area contributed by atoms with Gasteiger partial charge in [0.25, 0.3) is 5.17 Å². The van der Waals surface area contributed by atoms with Crippen molar-refractivity contribution in [3.8, 4) is 0 Å². The number of hydrogen-bond acceptors (Lipinski definition) is 4. The topological polar surface area (TPSA) is 46.2 Å². The second-order valence-electron chi connectivity index (χ2n) is 2.53. The molecule has 4 nitrogen and oxygen atoms in total. The molecule has 0 aliphatic heterocycles. The Balaban J connectivity index is 2.13. The van der Waals surface area contributed by atoms with Gasteiger partial charge in [0.05, 0.1) is 6.54 Å². The van der Waals surface area contributed by atoms with Crippen molar-refractivity contribution in [1.29, 1.82) is 0 Å². The van der Waals surface area contributed by atoms with Gasteiger partial charge < -0.3 is 15.4 Å². The highest BCUT2D eigenvalue weighted by atomic mass is 32.1. The van der Waals surface area contributed by atoms with Gasteiger partial charge in [0, 0.05) is 13.2 Å². The summed E-state index contributed by atoms with van der Waals surface area (Å²) in [6.07, 6.45) is 1.74. The van der Waals surface area contributed by atoms with Crippen molar-refractivity contribution in [1.82, 2.24) is 10.3 Å². The molecule has 2 N–H and O–H groups in total. The summed E-state index contributed by atoms with van der Waals surface area (Å²) in [5, 5.41) is 6.24. The lowest BCUT2D eigenvalue weighted by molar-refractivity contribution is 0.316. The highest BCUT2D eigenvalue weighted by molar-refractivity contribution is 7.80. The van der Waals surface area contributed by atoms with Gasteiger partial charge >= 0.3 is 0 Å². The minimum atomic E-state index is 0.410. The molecule has 1 aromatic rings. The van der Waals surface area contributed by atoms with Crippen LogP contribution in [0.25, 0.3) is 0 Å². The summed E-state index contributed by atoms with van der Waals surface area (Å²) in [5.41, 5.74) is 0. The Kier molecular flexibility index (Phi) is 4.71. The predicted molar refractivity (Wildman–Crippen MR) is 60.3 cm³/mol. The second kappa shape index (κ2) is 6.15. The molecular formula is C9H13N3OS. The molecule has 0 saturated carbocycles. The lowest BCUT2D eigenvalue weighted by Crippen LogP contribution is -2.22. The molecular weight excluding hydrogens is 198 g/mol. The number of nitrogens with zero attached hydrogens (tertiary/aromatic N) is 1. The summed E-state index contributed by atoms with van der Waals surface area (Å²) in [6, 6.07) is 5.70. The minimum absolute atomic E-state index is 0.410. The van der Waals surface area contributed by atoms with E-state index < -0.39 is 0 Å². The predicted octanol–water partition coefficient (Wildman–Crippen LogP) is 1.01. The third-order valence-electron chi connectivity index (χ3n) is 1.51. The fourth-order valence-electron chi connectivity index (χ4n) is 0.862. The Morgan fingerprint density at radius 2 is 2.43 bits per heavy atom. The van der Waals surface area contributed by atoms with E-state index in [2.05, 4.69) is 15.6 Å². The normalized spacial score (nSPS) is 9.21. The highest BCUT2D eigenvalue weighted by Crippen LogP contribution is 1.98. The maximum absolute atomic E-state index is 5.14. The number of thiocarbonyl (C=S) groups is 1. The average Bonchev–Trinajstić information content (AvgIpc) is 2.25. The van der Waals surface area contributed by atoms with Crippen molar-refractivity contribution in [2.45, 2.75) is 0 Å². The molecule has 0 aromatic carbocycles. The number of pyridine rings is 1. The zero-order valence-corrected chi connectivity index (χ0v) is 8.80. The molecule has 1 rings (SSSR count). The first-order valence-electron chi connectivity index (χ1n) is 4.32. The number of aromatic nitrogens is 1. The standard InChI is InChI=1S/C9H13N3OS/c1-10-9(14)13-7-6-12-8-4-2-3-5-11-8/h2-5H,6-7H2,1H3,(H,10,14)(H,11,12). The summed E-state index contributed by atoms with van der Waals surface area (Å²) >= 11 is 4.81. The third-order valence-corrected chi connectivity index (χ3v) is 1.83. The molecule has 0 amide bonds. The highest BCUT2D eigenvalue weighted by Gasteiger charge is 1.93. The SMILES string of the molecule is CNC(=S)OCCNc1ccccn1. The fraction of sp³-hybridized carbons (Fsp3) is 0.333. The van der Waals surface area contributed by atoms with Crippen LogP contribution >= 0.6 is 12.2 Å². The van der Waals surface area contributed by atoms with Crippen molar-refractivity contribution >= 4 is 23.2 Å². The minimum Gasteiger partial charge on any atom is -0.469 e. The monoisotopic (exact) mass is 211 g/mol. The summed E-state index contributed by atoms with van der Waals surface area (Å²) in [6.45, 7) is 1.20. The van der Waals surface area contributed by atoms with Gasteiger partial charge in [0.2, 0.25) is 0 Å². The maximum Gasteiger partial charge on any atom is 0.256 e. The van der Waals surface area contributed by atoms with Crippen LogP contribution in [0.3, 0.4) is 0 Å². The van der Waals surface area contributed by atoms with E-state index in [0.717, 1.165) is 5.82 Å². The molecule has 0 saturated heterocycles. The smallest absolute Gasteiger partial charge is 0.256 e. The zero-order valence-electron chi connectivity index (χ0n) is 7.99. The average molecular weight is 211 g/mol. The van der Waals surface area contributed by atoms with Crippen LogP contribution < -0.4 is 10.6 Å². The molecule has 0 aliphatic carbocycles. The van der Waals surface area contributed by atoms with Gasteiger partial charge in [-0.3, -0.25) is 0 Å². The van der Waals surface area contributed by atoms with Crippen molar-refractivity contribution < 1.29 is 4.74 Å².